The minimum Gasteiger partial charge on any atom is -0.497 e. The second kappa shape index (κ2) is 9.59. The molecule has 0 heterocycles. The minimum absolute atomic E-state index is 0.328. The average Bonchev–Trinajstić information content (AvgIpc) is 2.82. The molecule has 0 spiro atoms. The van der Waals surface area contributed by atoms with Crippen LogP contribution in [0.3, 0.4) is 0 Å². The number of rotatable bonds is 6. The highest BCUT2D eigenvalue weighted by molar-refractivity contribution is 5.87. The third kappa shape index (κ3) is 4.48. The summed E-state index contributed by atoms with van der Waals surface area (Å²) in [6.07, 6.45) is 9.39. The van der Waals surface area contributed by atoms with E-state index < -0.39 is 0 Å². The second-order valence-electron chi connectivity index (χ2n) is 8.52. The molecule has 4 nitrogen and oxygen atoms in total. The molecule has 1 fully saturated rings. The Kier molecular flexibility index (Phi) is 6.64. The van der Waals surface area contributed by atoms with Crippen LogP contribution in [0.4, 0.5) is 0 Å². The number of hydrogen-bond acceptors (Lipinski definition) is 4. The van der Waals surface area contributed by atoms with E-state index in [2.05, 4.69) is 36.4 Å². The van der Waals surface area contributed by atoms with Crippen LogP contribution in [0, 0.1) is 5.92 Å². The third-order valence-corrected chi connectivity index (χ3v) is 6.90. The lowest BCUT2D eigenvalue weighted by molar-refractivity contribution is -0.137. The highest BCUT2D eigenvalue weighted by atomic mass is 16.5. The maximum Gasteiger partial charge on any atom is 0.330 e. The van der Waals surface area contributed by atoms with Crippen molar-refractivity contribution in [1.29, 1.82) is 0 Å². The lowest BCUT2D eigenvalue weighted by atomic mass is 9.61. The van der Waals surface area contributed by atoms with Gasteiger partial charge in [0.05, 0.1) is 20.8 Å². The summed E-state index contributed by atoms with van der Waals surface area (Å²) in [4.78, 5) is 11.8. The number of methoxy groups -OCH3 is 2. The SMILES string of the molecule is CCOC(=O)/C=C/c1cc2c(cc1OC)[C@@H]1CCCC[C@@H]1[C@H](c1ccc(OC)cc1)C2. The summed E-state index contributed by atoms with van der Waals surface area (Å²) < 4.78 is 16.1. The van der Waals surface area contributed by atoms with Gasteiger partial charge in [0.25, 0.3) is 0 Å². The Balaban J connectivity index is 1.71. The molecule has 31 heavy (non-hydrogen) atoms. The standard InChI is InChI=1S/C27H32O4/c1-4-31-27(28)14-11-19-15-20-16-24(18-9-12-21(29-2)13-10-18)22-7-5-6-8-23(22)25(20)17-26(19)30-3/h9-15,17,22-24H,4-8,16H2,1-3H3/b14-11+/t22-,23+,24-/m0/s1. The molecule has 0 N–H and O–H groups in total. The van der Waals surface area contributed by atoms with Crippen molar-refractivity contribution in [1.82, 2.24) is 0 Å². The van der Waals surface area contributed by atoms with Crippen LogP contribution in [-0.2, 0) is 16.0 Å². The molecule has 0 aromatic heterocycles. The Morgan fingerprint density at radius 2 is 1.81 bits per heavy atom. The van der Waals surface area contributed by atoms with E-state index in [1.807, 2.05) is 13.0 Å². The zero-order valence-electron chi connectivity index (χ0n) is 18.7. The molecule has 2 aliphatic carbocycles. The summed E-state index contributed by atoms with van der Waals surface area (Å²) in [5, 5.41) is 0. The van der Waals surface area contributed by atoms with Crippen LogP contribution in [0.15, 0.2) is 42.5 Å². The van der Waals surface area contributed by atoms with Crippen molar-refractivity contribution in [2.24, 2.45) is 5.92 Å². The largest absolute Gasteiger partial charge is 0.497 e. The highest BCUT2D eigenvalue weighted by Crippen LogP contribution is 2.52. The molecule has 3 atom stereocenters. The zero-order chi connectivity index (χ0) is 21.8. The molecule has 0 unspecified atom stereocenters. The van der Waals surface area contributed by atoms with Crippen LogP contribution in [0.2, 0.25) is 0 Å². The lowest BCUT2D eigenvalue weighted by Crippen LogP contribution is -2.31. The average molecular weight is 421 g/mol. The summed E-state index contributed by atoms with van der Waals surface area (Å²) in [6.45, 7) is 2.18. The van der Waals surface area contributed by atoms with E-state index in [1.165, 1.54) is 48.4 Å². The maximum absolute atomic E-state index is 11.8. The molecule has 2 aromatic rings. The first-order valence-electron chi connectivity index (χ1n) is 11.3. The molecular weight excluding hydrogens is 388 g/mol. The van der Waals surface area contributed by atoms with Gasteiger partial charge in [-0.2, -0.15) is 0 Å². The van der Waals surface area contributed by atoms with Gasteiger partial charge in [-0.3, -0.25) is 0 Å². The van der Waals surface area contributed by atoms with Crippen LogP contribution < -0.4 is 9.47 Å². The molecule has 2 aromatic carbocycles. The number of carbonyl (C=O) groups excluding carboxylic acids is 1. The van der Waals surface area contributed by atoms with Crippen molar-refractivity contribution in [2.45, 2.75) is 50.9 Å². The second-order valence-corrected chi connectivity index (χ2v) is 8.52. The molecule has 0 aliphatic heterocycles. The Hall–Kier alpha value is -2.75. The van der Waals surface area contributed by atoms with Crippen LogP contribution in [0.25, 0.3) is 6.08 Å². The van der Waals surface area contributed by atoms with E-state index >= 15 is 0 Å². The Morgan fingerprint density at radius 3 is 2.52 bits per heavy atom. The summed E-state index contributed by atoms with van der Waals surface area (Å²) in [7, 11) is 3.41. The Morgan fingerprint density at radius 1 is 1.03 bits per heavy atom. The molecular formula is C27H32O4. The van der Waals surface area contributed by atoms with Crippen molar-refractivity contribution < 1.29 is 19.0 Å². The van der Waals surface area contributed by atoms with Gasteiger partial charge in [-0.05, 0) is 91.0 Å². The van der Waals surface area contributed by atoms with E-state index in [1.54, 1.807) is 14.2 Å². The number of hydrogen-bond donors (Lipinski definition) is 0. The van der Waals surface area contributed by atoms with Gasteiger partial charge in [-0.1, -0.05) is 25.0 Å². The van der Waals surface area contributed by atoms with Crippen molar-refractivity contribution in [3.05, 3.63) is 64.7 Å². The van der Waals surface area contributed by atoms with Gasteiger partial charge in [-0.15, -0.1) is 0 Å². The summed E-state index contributed by atoms with van der Waals surface area (Å²) in [5.41, 5.74) is 5.12. The van der Waals surface area contributed by atoms with Crippen molar-refractivity contribution in [3.8, 4) is 11.5 Å². The van der Waals surface area contributed by atoms with Gasteiger partial charge in [0.1, 0.15) is 11.5 Å². The van der Waals surface area contributed by atoms with E-state index in [9.17, 15) is 4.79 Å². The Bertz CT molecular complexity index is 944. The normalized spacial score (nSPS) is 22.5. The fraction of sp³-hybridized carbons (Fsp3) is 0.444. The quantitative estimate of drug-likeness (QED) is 0.431. The molecule has 0 radical (unpaired) electrons. The fourth-order valence-electron chi connectivity index (χ4n) is 5.47. The van der Waals surface area contributed by atoms with Crippen molar-refractivity contribution in [3.63, 3.8) is 0 Å². The van der Waals surface area contributed by atoms with Crippen LogP contribution >= 0.6 is 0 Å². The van der Waals surface area contributed by atoms with Gasteiger partial charge in [0, 0.05) is 11.6 Å². The van der Waals surface area contributed by atoms with E-state index in [0.29, 0.717) is 24.4 Å². The summed E-state index contributed by atoms with van der Waals surface area (Å²) in [5.74, 6) is 3.11. The zero-order valence-corrected chi connectivity index (χ0v) is 18.7. The minimum atomic E-state index is -0.328. The molecule has 1 saturated carbocycles. The van der Waals surface area contributed by atoms with Crippen LogP contribution in [-0.4, -0.2) is 26.8 Å². The predicted octanol–water partition coefficient (Wildman–Crippen LogP) is 5.89. The smallest absolute Gasteiger partial charge is 0.330 e. The van der Waals surface area contributed by atoms with Gasteiger partial charge in [-0.25, -0.2) is 4.79 Å². The fourth-order valence-corrected chi connectivity index (χ4v) is 5.47. The van der Waals surface area contributed by atoms with E-state index in [-0.39, 0.29) is 5.97 Å². The first-order valence-corrected chi connectivity index (χ1v) is 11.3. The van der Waals surface area contributed by atoms with Crippen molar-refractivity contribution >= 4 is 12.0 Å². The molecule has 4 rings (SSSR count). The lowest BCUT2D eigenvalue weighted by Gasteiger charge is -2.43. The van der Waals surface area contributed by atoms with E-state index in [0.717, 1.165) is 23.5 Å². The number of carbonyl (C=O) groups is 1. The molecule has 164 valence electrons. The third-order valence-electron chi connectivity index (χ3n) is 6.90. The van der Waals surface area contributed by atoms with E-state index in [4.69, 9.17) is 14.2 Å². The first-order chi connectivity index (χ1) is 15.1. The van der Waals surface area contributed by atoms with Gasteiger partial charge in [0.2, 0.25) is 0 Å². The van der Waals surface area contributed by atoms with Crippen molar-refractivity contribution in [2.75, 3.05) is 20.8 Å². The maximum atomic E-state index is 11.8. The van der Waals surface area contributed by atoms with Gasteiger partial charge in [0.15, 0.2) is 0 Å². The van der Waals surface area contributed by atoms with Crippen LogP contribution in [0.1, 0.15) is 66.7 Å². The number of benzene rings is 2. The Labute approximate surface area is 185 Å². The highest BCUT2D eigenvalue weighted by Gasteiger charge is 2.39. The number of fused-ring (bicyclic) bond motifs is 3. The van der Waals surface area contributed by atoms with Gasteiger partial charge < -0.3 is 14.2 Å². The van der Waals surface area contributed by atoms with Crippen LogP contribution in [0.5, 0.6) is 11.5 Å². The number of esters is 1. The first kappa shape index (κ1) is 21.5. The monoisotopic (exact) mass is 420 g/mol. The molecule has 0 amide bonds. The molecule has 0 bridgehead atoms. The topological polar surface area (TPSA) is 44.8 Å². The predicted molar refractivity (Wildman–Crippen MR) is 123 cm³/mol. The molecule has 0 saturated heterocycles. The summed E-state index contributed by atoms with van der Waals surface area (Å²) in [6, 6.07) is 13.0. The molecule has 4 heteroatoms. The summed E-state index contributed by atoms with van der Waals surface area (Å²) >= 11 is 0. The number of ether oxygens (including phenoxy) is 3. The molecule has 2 aliphatic rings. The van der Waals surface area contributed by atoms with Gasteiger partial charge >= 0.3 is 5.97 Å².